The first-order chi connectivity index (χ1) is 11.9. The normalized spacial score (nSPS) is 10.6. The third kappa shape index (κ3) is 5.07. The van der Waals surface area contributed by atoms with E-state index < -0.39 is 11.7 Å². The second kappa shape index (κ2) is 8.32. The number of carbonyl (C=O) groups is 2. The van der Waals surface area contributed by atoms with Gasteiger partial charge in [0.05, 0.1) is 16.9 Å². The Morgan fingerprint density at radius 1 is 1.24 bits per heavy atom. The van der Waals surface area contributed by atoms with Crippen molar-refractivity contribution in [2.45, 2.75) is 27.2 Å². The van der Waals surface area contributed by atoms with Gasteiger partial charge in [-0.2, -0.15) is 0 Å². The summed E-state index contributed by atoms with van der Waals surface area (Å²) >= 11 is 0. The molecule has 1 aromatic heterocycles. The highest BCUT2D eigenvalue weighted by Gasteiger charge is 2.16. The molecule has 0 bridgehead atoms. The van der Waals surface area contributed by atoms with Gasteiger partial charge in [-0.1, -0.05) is 26.0 Å². The Hall–Kier alpha value is -2.83. The standard InChI is InChI=1S/C18H21FN4O2/c1-11(2)17(24)20-9-8-15-13(10-21-12(3)22-15)18(25)23-16-7-5-4-6-14(16)19/h4-7,10-11H,8-9H2,1-3H3,(H,20,24)(H,23,25). The summed E-state index contributed by atoms with van der Waals surface area (Å²) in [5, 5.41) is 5.31. The second-order valence-electron chi connectivity index (χ2n) is 5.91. The van der Waals surface area contributed by atoms with Crippen molar-refractivity contribution in [1.82, 2.24) is 15.3 Å². The molecule has 2 rings (SSSR count). The molecule has 0 aliphatic heterocycles. The number of para-hydroxylation sites is 1. The van der Waals surface area contributed by atoms with Crippen molar-refractivity contribution in [3.05, 3.63) is 53.4 Å². The van der Waals surface area contributed by atoms with Crippen LogP contribution >= 0.6 is 0 Å². The lowest BCUT2D eigenvalue weighted by Gasteiger charge is -2.11. The lowest BCUT2D eigenvalue weighted by molar-refractivity contribution is -0.123. The van der Waals surface area contributed by atoms with Crippen molar-refractivity contribution in [1.29, 1.82) is 0 Å². The molecule has 7 heteroatoms. The van der Waals surface area contributed by atoms with Crippen LogP contribution in [-0.4, -0.2) is 28.3 Å². The van der Waals surface area contributed by atoms with Gasteiger partial charge in [0.1, 0.15) is 11.6 Å². The molecule has 0 radical (unpaired) electrons. The number of aryl methyl sites for hydroxylation is 1. The number of hydrogen-bond donors (Lipinski definition) is 2. The summed E-state index contributed by atoms with van der Waals surface area (Å²) in [7, 11) is 0. The zero-order chi connectivity index (χ0) is 18.4. The SMILES string of the molecule is Cc1ncc(C(=O)Nc2ccccc2F)c(CCNC(=O)C(C)C)n1. The number of carbonyl (C=O) groups excluding carboxylic acids is 2. The fraction of sp³-hybridized carbons (Fsp3) is 0.333. The summed E-state index contributed by atoms with van der Waals surface area (Å²) in [5.74, 6) is -0.670. The molecule has 0 spiro atoms. The topological polar surface area (TPSA) is 84.0 Å². The molecular formula is C18H21FN4O2. The van der Waals surface area contributed by atoms with Crippen LogP contribution in [0.25, 0.3) is 0 Å². The van der Waals surface area contributed by atoms with Crippen LogP contribution in [0.5, 0.6) is 0 Å². The Labute approximate surface area is 145 Å². The third-order valence-electron chi connectivity index (χ3n) is 3.54. The van der Waals surface area contributed by atoms with Gasteiger partial charge in [-0.15, -0.1) is 0 Å². The first kappa shape index (κ1) is 18.5. The van der Waals surface area contributed by atoms with Crippen molar-refractivity contribution in [3.63, 3.8) is 0 Å². The Bertz CT molecular complexity index is 777. The lowest BCUT2D eigenvalue weighted by Crippen LogP contribution is -2.30. The van der Waals surface area contributed by atoms with Crippen LogP contribution in [0.1, 0.15) is 35.7 Å². The van der Waals surface area contributed by atoms with E-state index >= 15 is 0 Å². The van der Waals surface area contributed by atoms with Gasteiger partial charge in [0.2, 0.25) is 5.91 Å². The molecule has 25 heavy (non-hydrogen) atoms. The fourth-order valence-corrected chi connectivity index (χ4v) is 2.16. The molecule has 0 unspecified atom stereocenters. The van der Waals surface area contributed by atoms with Crippen LogP contribution in [0.15, 0.2) is 30.5 Å². The summed E-state index contributed by atoms with van der Waals surface area (Å²) in [6.07, 6.45) is 1.79. The Morgan fingerprint density at radius 3 is 2.64 bits per heavy atom. The Morgan fingerprint density at radius 2 is 1.96 bits per heavy atom. The number of amides is 2. The number of halogens is 1. The highest BCUT2D eigenvalue weighted by Crippen LogP contribution is 2.15. The lowest BCUT2D eigenvalue weighted by atomic mass is 10.1. The minimum atomic E-state index is -0.519. The summed E-state index contributed by atoms with van der Waals surface area (Å²) in [6.45, 7) is 5.68. The number of nitrogens with one attached hydrogen (secondary N) is 2. The van der Waals surface area contributed by atoms with Crippen molar-refractivity contribution >= 4 is 17.5 Å². The number of aromatic nitrogens is 2. The van der Waals surface area contributed by atoms with Crippen LogP contribution < -0.4 is 10.6 Å². The van der Waals surface area contributed by atoms with E-state index in [-0.39, 0.29) is 23.1 Å². The first-order valence-electron chi connectivity index (χ1n) is 8.04. The van der Waals surface area contributed by atoms with Gasteiger partial charge in [0.25, 0.3) is 5.91 Å². The van der Waals surface area contributed by atoms with Crippen LogP contribution in [0, 0.1) is 18.7 Å². The maximum atomic E-state index is 13.7. The second-order valence-corrected chi connectivity index (χ2v) is 5.91. The summed E-state index contributed by atoms with van der Waals surface area (Å²) in [5.41, 5.74) is 0.852. The van der Waals surface area contributed by atoms with Gasteiger partial charge in [-0.05, 0) is 19.1 Å². The molecule has 132 valence electrons. The van der Waals surface area contributed by atoms with Gasteiger partial charge in [0.15, 0.2) is 0 Å². The zero-order valence-corrected chi connectivity index (χ0v) is 14.5. The van der Waals surface area contributed by atoms with E-state index in [4.69, 9.17) is 0 Å². The molecule has 6 nitrogen and oxygen atoms in total. The highest BCUT2D eigenvalue weighted by molar-refractivity contribution is 6.04. The minimum absolute atomic E-state index is 0.0665. The van der Waals surface area contributed by atoms with Crippen molar-refractivity contribution in [3.8, 4) is 0 Å². The maximum absolute atomic E-state index is 13.7. The van der Waals surface area contributed by atoms with Crippen LogP contribution in [-0.2, 0) is 11.2 Å². The number of anilines is 1. The molecule has 0 saturated carbocycles. The quantitative estimate of drug-likeness (QED) is 0.843. The number of benzene rings is 1. The molecule has 1 heterocycles. The predicted molar refractivity (Wildman–Crippen MR) is 92.7 cm³/mol. The Balaban J connectivity index is 2.13. The van der Waals surface area contributed by atoms with Crippen molar-refractivity contribution in [2.24, 2.45) is 5.92 Å². The third-order valence-corrected chi connectivity index (χ3v) is 3.54. The van der Waals surface area contributed by atoms with Crippen LogP contribution in [0.4, 0.5) is 10.1 Å². The van der Waals surface area contributed by atoms with E-state index in [1.54, 1.807) is 32.9 Å². The van der Waals surface area contributed by atoms with E-state index in [1.165, 1.54) is 18.3 Å². The molecule has 0 aliphatic carbocycles. The molecule has 2 aromatic rings. The average Bonchev–Trinajstić information content (AvgIpc) is 2.56. The number of hydrogen-bond acceptors (Lipinski definition) is 4. The molecule has 0 aliphatic rings. The molecule has 2 amide bonds. The van der Waals surface area contributed by atoms with Gasteiger partial charge < -0.3 is 10.6 Å². The largest absolute Gasteiger partial charge is 0.355 e. The van der Waals surface area contributed by atoms with Crippen molar-refractivity contribution in [2.75, 3.05) is 11.9 Å². The number of nitrogens with zero attached hydrogens (tertiary/aromatic N) is 2. The van der Waals surface area contributed by atoms with E-state index in [9.17, 15) is 14.0 Å². The van der Waals surface area contributed by atoms with E-state index in [2.05, 4.69) is 20.6 Å². The van der Waals surface area contributed by atoms with Crippen molar-refractivity contribution < 1.29 is 14.0 Å². The summed E-state index contributed by atoms with van der Waals surface area (Å²) in [6, 6.07) is 5.92. The van der Waals surface area contributed by atoms with Crippen LogP contribution in [0.2, 0.25) is 0 Å². The number of rotatable bonds is 6. The smallest absolute Gasteiger partial charge is 0.259 e. The monoisotopic (exact) mass is 344 g/mol. The molecule has 0 fully saturated rings. The van der Waals surface area contributed by atoms with E-state index in [0.717, 1.165) is 0 Å². The fourth-order valence-electron chi connectivity index (χ4n) is 2.16. The molecule has 2 N–H and O–H groups in total. The van der Waals surface area contributed by atoms with E-state index in [0.29, 0.717) is 24.5 Å². The minimum Gasteiger partial charge on any atom is -0.355 e. The maximum Gasteiger partial charge on any atom is 0.259 e. The summed E-state index contributed by atoms with van der Waals surface area (Å²) in [4.78, 5) is 32.4. The Kier molecular flexibility index (Phi) is 6.16. The molecular weight excluding hydrogens is 323 g/mol. The summed E-state index contributed by atoms with van der Waals surface area (Å²) < 4.78 is 13.7. The zero-order valence-electron chi connectivity index (χ0n) is 14.5. The van der Waals surface area contributed by atoms with Gasteiger partial charge in [-0.3, -0.25) is 9.59 Å². The molecule has 1 aromatic carbocycles. The first-order valence-corrected chi connectivity index (χ1v) is 8.04. The highest BCUT2D eigenvalue weighted by atomic mass is 19.1. The van der Waals surface area contributed by atoms with Gasteiger partial charge >= 0.3 is 0 Å². The predicted octanol–water partition coefficient (Wildman–Crippen LogP) is 2.49. The van der Waals surface area contributed by atoms with E-state index in [1.807, 2.05) is 0 Å². The van der Waals surface area contributed by atoms with Gasteiger partial charge in [-0.25, -0.2) is 14.4 Å². The van der Waals surface area contributed by atoms with Crippen LogP contribution in [0.3, 0.4) is 0 Å². The molecule has 0 saturated heterocycles. The molecule has 0 atom stereocenters. The van der Waals surface area contributed by atoms with Gasteiger partial charge in [0, 0.05) is 25.1 Å². The average molecular weight is 344 g/mol.